The summed E-state index contributed by atoms with van der Waals surface area (Å²) in [5, 5.41) is 2.22. The van der Waals surface area contributed by atoms with Crippen molar-refractivity contribution < 1.29 is 4.74 Å². The van der Waals surface area contributed by atoms with Crippen molar-refractivity contribution in [3.63, 3.8) is 0 Å². The normalized spacial score (nSPS) is 10.9. The molecule has 6 heteroatoms. The summed E-state index contributed by atoms with van der Waals surface area (Å²) in [7, 11) is 1.66. The highest BCUT2D eigenvalue weighted by molar-refractivity contribution is 7.99. The van der Waals surface area contributed by atoms with Gasteiger partial charge in [-0.3, -0.25) is 0 Å². The van der Waals surface area contributed by atoms with E-state index in [4.69, 9.17) is 16.3 Å². The zero-order valence-corrected chi connectivity index (χ0v) is 13.3. The van der Waals surface area contributed by atoms with Gasteiger partial charge in [0.25, 0.3) is 0 Å². The van der Waals surface area contributed by atoms with Crippen LogP contribution in [0, 0.1) is 6.92 Å². The number of aromatic nitrogens is 2. The first-order valence-electron chi connectivity index (χ1n) is 5.91. The van der Waals surface area contributed by atoms with Crippen LogP contribution in [0.25, 0.3) is 10.2 Å². The van der Waals surface area contributed by atoms with E-state index in [-0.39, 0.29) is 5.28 Å². The summed E-state index contributed by atoms with van der Waals surface area (Å²) in [6.45, 7) is 2.06. The summed E-state index contributed by atoms with van der Waals surface area (Å²) in [5.74, 6) is 0.839. The Labute approximate surface area is 130 Å². The van der Waals surface area contributed by atoms with Crippen molar-refractivity contribution in [1.82, 2.24) is 9.97 Å². The van der Waals surface area contributed by atoms with Crippen LogP contribution in [0.2, 0.25) is 5.28 Å². The number of thiophene rings is 1. The summed E-state index contributed by atoms with van der Waals surface area (Å²) < 4.78 is 5.16. The lowest BCUT2D eigenvalue weighted by Gasteiger charge is -2.04. The van der Waals surface area contributed by atoms with E-state index in [0.29, 0.717) is 0 Å². The number of aryl methyl sites for hydroxylation is 1. The van der Waals surface area contributed by atoms with Gasteiger partial charge in [-0.1, -0.05) is 11.8 Å². The Balaban J connectivity index is 2.00. The summed E-state index contributed by atoms with van der Waals surface area (Å²) in [5.41, 5.74) is 0. The summed E-state index contributed by atoms with van der Waals surface area (Å²) in [6, 6.07) is 9.97. The van der Waals surface area contributed by atoms with Gasteiger partial charge in [0.1, 0.15) is 15.6 Å². The van der Waals surface area contributed by atoms with E-state index in [1.165, 1.54) is 4.88 Å². The van der Waals surface area contributed by atoms with E-state index in [1.54, 1.807) is 30.2 Å². The van der Waals surface area contributed by atoms with E-state index in [1.807, 2.05) is 24.3 Å². The van der Waals surface area contributed by atoms with Gasteiger partial charge in [-0.05, 0) is 48.9 Å². The maximum atomic E-state index is 6.00. The largest absolute Gasteiger partial charge is 0.497 e. The van der Waals surface area contributed by atoms with Crippen LogP contribution in [-0.2, 0) is 0 Å². The van der Waals surface area contributed by atoms with E-state index in [9.17, 15) is 0 Å². The summed E-state index contributed by atoms with van der Waals surface area (Å²) in [6.07, 6.45) is 0. The van der Waals surface area contributed by atoms with Crippen LogP contribution in [0.3, 0.4) is 0 Å². The van der Waals surface area contributed by atoms with Gasteiger partial charge in [0.15, 0.2) is 0 Å². The molecule has 0 spiro atoms. The first-order chi connectivity index (χ1) is 9.65. The maximum absolute atomic E-state index is 6.00. The van der Waals surface area contributed by atoms with Gasteiger partial charge in [0.2, 0.25) is 5.28 Å². The highest BCUT2D eigenvalue weighted by Crippen LogP contribution is 2.36. The van der Waals surface area contributed by atoms with Gasteiger partial charge < -0.3 is 4.74 Å². The molecule has 1 aromatic carbocycles. The number of hydrogen-bond acceptors (Lipinski definition) is 5. The fourth-order valence-corrected chi connectivity index (χ4v) is 3.93. The van der Waals surface area contributed by atoms with E-state index >= 15 is 0 Å². The lowest BCUT2D eigenvalue weighted by molar-refractivity contribution is 0.414. The SMILES string of the molecule is COc1ccc(Sc2nc(Cl)nc3sc(C)cc23)cc1. The fraction of sp³-hybridized carbons (Fsp3) is 0.143. The number of fused-ring (bicyclic) bond motifs is 1. The molecule has 3 nitrogen and oxygen atoms in total. The van der Waals surface area contributed by atoms with Crippen LogP contribution in [0.5, 0.6) is 5.75 Å². The Morgan fingerprint density at radius 3 is 2.65 bits per heavy atom. The molecule has 0 aliphatic carbocycles. The fourth-order valence-electron chi connectivity index (χ4n) is 1.82. The Morgan fingerprint density at radius 2 is 1.95 bits per heavy atom. The van der Waals surface area contributed by atoms with Crippen LogP contribution >= 0.6 is 34.7 Å². The Bertz CT molecular complexity index is 756. The van der Waals surface area contributed by atoms with E-state index in [0.717, 1.165) is 25.9 Å². The average molecular weight is 323 g/mol. The lowest BCUT2D eigenvalue weighted by Crippen LogP contribution is -1.86. The van der Waals surface area contributed by atoms with Gasteiger partial charge >= 0.3 is 0 Å². The van der Waals surface area contributed by atoms with Crippen molar-refractivity contribution in [1.29, 1.82) is 0 Å². The molecule has 0 radical (unpaired) electrons. The van der Waals surface area contributed by atoms with Gasteiger partial charge in [0.05, 0.1) is 7.11 Å². The lowest BCUT2D eigenvalue weighted by atomic mass is 10.3. The van der Waals surface area contributed by atoms with Crippen molar-refractivity contribution in [2.45, 2.75) is 16.8 Å². The van der Waals surface area contributed by atoms with Crippen molar-refractivity contribution in [2.75, 3.05) is 7.11 Å². The predicted octanol–water partition coefficient (Wildman–Crippen LogP) is 4.81. The van der Waals surface area contributed by atoms with E-state index in [2.05, 4.69) is 23.0 Å². The third kappa shape index (κ3) is 2.75. The van der Waals surface area contributed by atoms with Gasteiger partial charge in [-0.2, -0.15) is 0 Å². The Kier molecular flexibility index (Phi) is 3.83. The minimum Gasteiger partial charge on any atom is -0.497 e. The highest BCUT2D eigenvalue weighted by atomic mass is 35.5. The summed E-state index contributed by atoms with van der Waals surface area (Å²) in [4.78, 5) is 11.8. The van der Waals surface area contributed by atoms with Crippen LogP contribution in [0.15, 0.2) is 40.3 Å². The topological polar surface area (TPSA) is 35.0 Å². The number of hydrogen-bond donors (Lipinski definition) is 0. The first-order valence-corrected chi connectivity index (χ1v) is 7.92. The molecule has 0 fully saturated rings. The van der Waals surface area contributed by atoms with Crippen molar-refractivity contribution in [3.8, 4) is 5.75 Å². The second-order valence-corrected chi connectivity index (χ2v) is 6.79. The van der Waals surface area contributed by atoms with Gasteiger partial charge in [-0.25, -0.2) is 9.97 Å². The number of methoxy groups -OCH3 is 1. The van der Waals surface area contributed by atoms with Gasteiger partial charge in [0, 0.05) is 15.2 Å². The molecule has 3 aromatic rings. The number of benzene rings is 1. The minimum atomic E-state index is 0.287. The molecule has 0 aliphatic heterocycles. The molecule has 2 aromatic heterocycles. The molecule has 0 bridgehead atoms. The second-order valence-electron chi connectivity index (χ2n) is 4.15. The zero-order chi connectivity index (χ0) is 14.1. The van der Waals surface area contributed by atoms with Crippen molar-refractivity contribution in [3.05, 3.63) is 40.5 Å². The highest BCUT2D eigenvalue weighted by Gasteiger charge is 2.11. The smallest absolute Gasteiger partial charge is 0.224 e. The maximum Gasteiger partial charge on any atom is 0.224 e. The molecule has 0 saturated heterocycles. The average Bonchev–Trinajstić information content (AvgIpc) is 2.80. The number of halogens is 1. The molecule has 0 amide bonds. The molecule has 102 valence electrons. The van der Waals surface area contributed by atoms with Crippen LogP contribution in [-0.4, -0.2) is 17.1 Å². The molecule has 0 saturated carbocycles. The summed E-state index contributed by atoms with van der Waals surface area (Å²) >= 11 is 9.21. The minimum absolute atomic E-state index is 0.287. The Hall–Kier alpha value is -1.30. The number of nitrogens with zero attached hydrogens (tertiary/aromatic N) is 2. The second kappa shape index (κ2) is 5.60. The van der Waals surface area contributed by atoms with E-state index < -0.39 is 0 Å². The standard InChI is InChI=1S/C14H11ClN2OS2/c1-8-7-11-12(19-8)16-14(15)17-13(11)20-10-5-3-9(18-2)4-6-10/h3-7H,1-2H3. The van der Waals surface area contributed by atoms with Gasteiger partial charge in [-0.15, -0.1) is 11.3 Å². The van der Waals surface area contributed by atoms with Crippen molar-refractivity contribution >= 4 is 44.9 Å². The molecular formula is C14H11ClN2OS2. The van der Waals surface area contributed by atoms with Crippen LogP contribution < -0.4 is 4.74 Å². The third-order valence-electron chi connectivity index (χ3n) is 2.73. The van der Waals surface area contributed by atoms with Crippen molar-refractivity contribution in [2.24, 2.45) is 0 Å². The Morgan fingerprint density at radius 1 is 1.20 bits per heavy atom. The number of rotatable bonds is 3. The molecule has 0 unspecified atom stereocenters. The van der Waals surface area contributed by atoms with Crippen LogP contribution in [0.4, 0.5) is 0 Å². The quantitative estimate of drug-likeness (QED) is 0.512. The molecule has 20 heavy (non-hydrogen) atoms. The van der Waals surface area contributed by atoms with Crippen LogP contribution in [0.1, 0.15) is 4.88 Å². The molecular weight excluding hydrogens is 312 g/mol. The predicted molar refractivity (Wildman–Crippen MR) is 84.3 cm³/mol. The number of ether oxygens (including phenoxy) is 1. The first kappa shape index (κ1) is 13.7. The molecule has 0 atom stereocenters. The zero-order valence-electron chi connectivity index (χ0n) is 10.9. The molecule has 0 aliphatic rings. The molecule has 3 rings (SSSR count). The molecule has 2 heterocycles. The monoisotopic (exact) mass is 322 g/mol. The third-order valence-corrected chi connectivity index (χ3v) is 4.85. The molecule has 0 N–H and O–H groups in total.